The SMILES string of the molecule is O=C(S)C(=O)S.O=C(S)C(=O)S.O=C(S)C(=O)S.O=P([O-])(O)O.[Li+]. The predicted octanol–water partition coefficient (Wildman–Crippen LogP) is -4.86. The van der Waals surface area contributed by atoms with Crippen LogP contribution < -0.4 is 23.8 Å². The summed E-state index contributed by atoms with van der Waals surface area (Å²) in [6.45, 7) is 0. The van der Waals surface area contributed by atoms with E-state index in [-0.39, 0.29) is 18.9 Å². The quantitative estimate of drug-likeness (QED) is 0.0862. The zero-order valence-electron chi connectivity index (χ0n) is 11.3. The first-order valence-corrected chi connectivity index (χ1v) is 8.30. The molecule has 0 rings (SSSR count). The monoisotopic (exact) mass is 470 g/mol. The maximum atomic E-state index is 9.58. The van der Waals surface area contributed by atoms with Crippen molar-refractivity contribution in [3.8, 4) is 0 Å². The van der Waals surface area contributed by atoms with Crippen LogP contribution in [0.2, 0.25) is 0 Å². The van der Waals surface area contributed by atoms with Crippen LogP contribution in [0.3, 0.4) is 0 Å². The van der Waals surface area contributed by atoms with Gasteiger partial charge in [0.25, 0.3) is 38.5 Å². The van der Waals surface area contributed by atoms with Crippen LogP contribution in [-0.2, 0) is 33.3 Å². The van der Waals surface area contributed by atoms with E-state index in [0.717, 1.165) is 0 Å². The van der Waals surface area contributed by atoms with E-state index in [1.807, 2.05) is 0 Å². The van der Waals surface area contributed by atoms with Crippen LogP contribution in [0.25, 0.3) is 0 Å². The maximum Gasteiger partial charge on any atom is 1.00 e. The number of thiol groups is 6. The maximum absolute atomic E-state index is 9.58. The molecular formula is C6H8LiO10PS6. The van der Waals surface area contributed by atoms with Crippen molar-refractivity contribution in [2.45, 2.75) is 0 Å². The van der Waals surface area contributed by atoms with Crippen molar-refractivity contribution in [2.24, 2.45) is 0 Å². The second-order valence-corrected chi connectivity index (χ2v) is 5.74. The van der Waals surface area contributed by atoms with E-state index in [1.54, 1.807) is 0 Å². The summed E-state index contributed by atoms with van der Waals surface area (Å²) in [4.78, 5) is 80.4. The van der Waals surface area contributed by atoms with Crippen LogP contribution in [0.5, 0.6) is 0 Å². The average molecular weight is 470 g/mol. The van der Waals surface area contributed by atoms with E-state index in [0.29, 0.717) is 0 Å². The van der Waals surface area contributed by atoms with Crippen LogP contribution in [0, 0.1) is 0 Å². The summed E-state index contributed by atoms with van der Waals surface area (Å²) in [6, 6.07) is 0. The third kappa shape index (κ3) is 66.1. The molecule has 0 saturated heterocycles. The van der Waals surface area contributed by atoms with E-state index in [9.17, 15) is 28.8 Å². The zero-order valence-corrected chi connectivity index (χ0v) is 17.6. The molecule has 0 aliphatic heterocycles. The second kappa shape index (κ2) is 20.1. The Morgan fingerprint density at radius 2 is 0.625 bits per heavy atom. The minimum Gasteiger partial charge on any atom is -0.756 e. The molecule has 24 heavy (non-hydrogen) atoms. The van der Waals surface area contributed by atoms with Gasteiger partial charge in [-0.1, -0.05) is 75.8 Å². The molecule has 10 nitrogen and oxygen atoms in total. The Bertz CT molecular complexity index is 417. The van der Waals surface area contributed by atoms with Gasteiger partial charge in [0, 0.05) is 0 Å². The van der Waals surface area contributed by atoms with Crippen molar-refractivity contribution in [3.05, 3.63) is 0 Å². The molecule has 0 aliphatic rings. The topological polar surface area (TPSA) is 183 Å². The van der Waals surface area contributed by atoms with Gasteiger partial charge in [0.2, 0.25) is 0 Å². The molecule has 0 radical (unpaired) electrons. The summed E-state index contributed by atoms with van der Waals surface area (Å²) in [5.74, 6) is 0. The fraction of sp³-hybridized carbons (Fsp3) is 0. The Balaban J connectivity index is -0.0000000661. The third-order valence-electron chi connectivity index (χ3n) is 0.549. The molecule has 0 aromatic carbocycles. The molecule has 0 saturated carbocycles. The number of carbonyl (C=O) groups excluding carboxylic acids is 6. The minimum absolute atomic E-state index is 0. The van der Waals surface area contributed by atoms with E-state index in [1.165, 1.54) is 0 Å². The van der Waals surface area contributed by atoms with Gasteiger partial charge in [-0.3, -0.25) is 33.3 Å². The molecule has 134 valence electrons. The van der Waals surface area contributed by atoms with E-state index < -0.39 is 38.5 Å². The van der Waals surface area contributed by atoms with E-state index in [4.69, 9.17) is 19.2 Å². The van der Waals surface area contributed by atoms with E-state index in [2.05, 4.69) is 75.8 Å². The summed E-state index contributed by atoms with van der Waals surface area (Å²) in [5.41, 5.74) is 0. The summed E-state index contributed by atoms with van der Waals surface area (Å²) in [5, 5.41) is -4.93. The molecule has 18 heteroatoms. The van der Waals surface area contributed by atoms with Gasteiger partial charge in [-0.2, -0.15) is 0 Å². The average Bonchev–Trinajstić information content (AvgIpc) is 2.27. The van der Waals surface area contributed by atoms with Gasteiger partial charge in [0.15, 0.2) is 0 Å². The largest absolute Gasteiger partial charge is 1.00 e. The van der Waals surface area contributed by atoms with Gasteiger partial charge >= 0.3 is 18.9 Å². The summed E-state index contributed by atoms with van der Waals surface area (Å²) in [7, 11) is -4.89. The predicted molar refractivity (Wildman–Crippen MR) is 96.0 cm³/mol. The van der Waals surface area contributed by atoms with Gasteiger partial charge in [-0.15, -0.1) is 0 Å². The normalized spacial score (nSPS) is 8.21. The number of rotatable bonds is 3. The molecule has 0 fully saturated rings. The summed E-state index contributed by atoms with van der Waals surface area (Å²) in [6.07, 6.45) is 0. The zero-order chi connectivity index (χ0) is 20.0. The molecular weight excluding hydrogens is 462 g/mol. The van der Waals surface area contributed by atoms with Crippen molar-refractivity contribution in [2.75, 3.05) is 0 Å². The second-order valence-electron chi connectivity index (χ2n) is 2.32. The Morgan fingerprint density at radius 3 is 0.625 bits per heavy atom. The van der Waals surface area contributed by atoms with Crippen LogP contribution in [0.4, 0.5) is 0 Å². The third-order valence-corrected chi connectivity index (χ3v) is 2.30. The van der Waals surface area contributed by atoms with Crippen molar-refractivity contribution in [1.82, 2.24) is 0 Å². The molecule has 0 spiro atoms. The van der Waals surface area contributed by atoms with Crippen LogP contribution in [0.15, 0.2) is 0 Å². The Kier molecular flexibility index (Phi) is 30.1. The first kappa shape index (κ1) is 35.9. The van der Waals surface area contributed by atoms with Crippen molar-refractivity contribution in [3.63, 3.8) is 0 Å². The van der Waals surface area contributed by atoms with Crippen molar-refractivity contribution in [1.29, 1.82) is 0 Å². The van der Waals surface area contributed by atoms with Crippen molar-refractivity contribution < 1.29 is 66.9 Å². The van der Waals surface area contributed by atoms with Gasteiger partial charge in [-0.25, -0.2) is 0 Å². The molecule has 0 aliphatic carbocycles. The molecule has 0 atom stereocenters. The van der Waals surface area contributed by atoms with Crippen LogP contribution >= 0.6 is 83.6 Å². The van der Waals surface area contributed by atoms with Gasteiger partial charge < -0.3 is 14.7 Å². The number of carbonyl (C=O) groups is 6. The molecule has 2 N–H and O–H groups in total. The number of hydrogen-bond acceptors (Lipinski definition) is 8. The van der Waals surface area contributed by atoms with Crippen LogP contribution in [0.1, 0.15) is 0 Å². The van der Waals surface area contributed by atoms with Gasteiger partial charge in [-0.05, 0) is 0 Å². The smallest absolute Gasteiger partial charge is 0.756 e. The first-order valence-electron chi connectivity index (χ1n) is 4.08. The Labute approximate surface area is 180 Å². The summed E-state index contributed by atoms with van der Waals surface area (Å²) < 4.78 is 8.77. The molecule has 0 bridgehead atoms. The first-order chi connectivity index (χ1) is 9.93. The molecule has 0 aromatic rings. The molecule has 0 aromatic heterocycles. The fourth-order valence-electron chi connectivity index (χ4n) is 0. The number of phosphoric acid groups is 1. The summed E-state index contributed by atoms with van der Waals surface area (Å²) >= 11 is 18.8. The van der Waals surface area contributed by atoms with Gasteiger partial charge in [0.1, 0.15) is 0 Å². The molecule has 0 heterocycles. The minimum atomic E-state index is -4.89. The standard InChI is InChI=1S/3C2H2O2S2.Li.H3O4P/c3*3-1(5)2(4)6;;1-5(2,3)4/h3*(H,3,5)(H,4,6);;(H3,1,2,3,4)/q;;;+1;/p-1. The van der Waals surface area contributed by atoms with Gasteiger partial charge in [0.05, 0.1) is 0 Å². The Morgan fingerprint density at radius 1 is 0.583 bits per heavy atom. The Hall–Kier alpha value is 0.827. The number of hydrogen-bond donors (Lipinski definition) is 8. The molecule has 0 unspecified atom stereocenters. The van der Waals surface area contributed by atoms with Crippen LogP contribution in [-0.4, -0.2) is 40.5 Å². The fourth-order valence-corrected chi connectivity index (χ4v) is 0. The van der Waals surface area contributed by atoms with Crippen molar-refractivity contribution >= 4 is 114 Å². The van der Waals surface area contributed by atoms with E-state index >= 15 is 0 Å². The molecule has 0 amide bonds.